The van der Waals surface area contributed by atoms with Crippen LogP contribution in [0.1, 0.15) is 5.56 Å². The maximum absolute atomic E-state index is 11.6. The molecule has 2 aromatic rings. The van der Waals surface area contributed by atoms with Gasteiger partial charge in [-0.15, -0.1) is 10.2 Å². The van der Waals surface area contributed by atoms with Crippen molar-refractivity contribution in [3.63, 3.8) is 0 Å². The van der Waals surface area contributed by atoms with E-state index in [2.05, 4.69) is 10.2 Å². The fourth-order valence-corrected chi connectivity index (χ4v) is 2.84. The van der Waals surface area contributed by atoms with E-state index in [1.54, 1.807) is 12.1 Å². The number of hydrogen-bond acceptors (Lipinski definition) is 5. The molecule has 0 radical (unpaired) electrons. The summed E-state index contributed by atoms with van der Waals surface area (Å²) in [5.74, 6) is 0.334. The highest BCUT2D eigenvalue weighted by Crippen LogP contribution is 2.28. The fourth-order valence-electron chi connectivity index (χ4n) is 1.88. The SMILES string of the molecule is COCCn1c(-c2ccc(C)cc2Cl)nnc1S(N)(=O)=O. The third kappa shape index (κ3) is 3.41. The van der Waals surface area contributed by atoms with Crippen LogP contribution in [-0.4, -0.2) is 36.9 Å². The van der Waals surface area contributed by atoms with Gasteiger partial charge in [0.25, 0.3) is 15.2 Å². The molecule has 9 heteroatoms. The smallest absolute Gasteiger partial charge is 0.273 e. The van der Waals surface area contributed by atoms with Crippen LogP contribution in [0.5, 0.6) is 0 Å². The van der Waals surface area contributed by atoms with Crippen molar-refractivity contribution < 1.29 is 13.2 Å². The molecule has 2 N–H and O–H groups in total. The van der Waals surface area contributed by atoms with E-state index in [9.17, 15) is 8.42 Å². The number of sulfonamides is 1. The summed E-state index contributed by atoms with van der Waals surface area (Å²) < 4.78 is 29.5. The largest absolute Gasteiger partial charge is 0.383 e. The Kier molecular flexibility index (Phi) is 4.62. The summed E-state index contributed by atoms with van der Waals surface area (Å²) in [6, 6.07) is 5.38. The third-order valence-corrected chi connectivity index (χ3v) is 3.98. The van der Waals surface area contributed by atoms with E-state index in [1.165, 1.54) is 11.7 Å². The molecule has 1 aromatic heterocycles. The maximum Gasteiger partial charge on any atom is 0.273 e. The molecule has 0 unspecified atom stereocenters. The third-order valence-electron chi connectivity index (χ3n) is 2.86. The lowest BCUT2D eigenvalue weighted by Crippen LogP contribution is -2.20. The Labute approximate surface area is 127 Å². The van der Waals surface area contributed by atoms with E-state index >= 15 is 0 Å². The summed E-state index contributed by atoms with van der Waals surface area (Å²) in [6.45, 7) is 2.44. The molecule has 1 aromatic carbocycles. The zero-order valence-corrected chi connectivity index (χ0v) is 13.1. The molecule has 0 spiro atoms. The van der Waals surface area contributed by atoms with E-state index in [0.29, 0.717) is 16.4 Å². The molecule has 0 atom stereocenters. The Morgan fingerprint density at radius 2 is 2.10 bits per heavy atom. The Balaban J connectivity index is 2.60. The second-order valence-electron chi connectivity index (χ2n) is 4.48. The molecular weight excluding hydrogens is 316 g/mol. The average Bonchev–Trinajstić information content (AvgIpc) is 2.79. The number of ether oxygens (including phenoxy) is 1. The number of benzene rings is 1. The fraction of sp³-hybridized carbons (Fsp3) is 0.333. The summed E-state index contributed by atoms with van der Waals surface area (Å²) in [7, 11) is -2.47. The first-order valence-corrected chi connectivity index (χ1v) is 7.98. The van der Waals surface area contributed by atoms with Gasteiger partial charge in [0.15, 0.2) is 5.82 Å². The molecule has 0 fully saturated rings. The molecule has 0 aliphatic carbocycles. The zero-order chi connectivity index (χ0) is 15.6. The lowest BCUT2D eigenvalue weighted by molar-refractivity contribution is 0.185. The van der Waals surface area contributed by atoms with Gasteiger partial charge < -0.3 is 4.74 Å². The summed E-state index contributed by atoms with van der Waals surface area (Å²) >= 11 is 6.20. The van der Waals surface area contributed by atoms with Gasteiger partial charge in [0.05, 0.1) is 18.2 Å². The standard InChI is InChI=1S/C12H15ClN4O3S/c1-8-3-4-9(10(13)7-8)11-15-16-12(21(14,18)19)17(11)5-6-20-2/h3-4,7H,5-6H2,1-2H3,(H2,14,18,19). The predicted octanol–water partition coefficient (Wildman–Crippen LogP) is 1.20. The van der Waals surface area contributed by atoms with E-state index < -0.39 is 10.0 Å². The number of aromatic nitrogens is 3. The number of methoxy groups -OCH3 is 1. The topological polar surface area (TPSA) is 100 Å². The number of hydrogen-bond donors (Lipinski definition) is 1. The van der Waals surface area contributed by atoms with Gasteiger partial charge in [-0.05, 0) is 24.6 Å². The van der Waals surface area contributed by atoms with Crippen molar-refractivity contribution in [2.75, 3.05) is 13.7 Å². The van der Waals surface area contributed by atoms with Crippen LogP contribution in [0.15, 0.2) is 23.4 Å². The molecule has 1 heterocycles. The average molecular weight is 331 g/mol. The van der Waals surface area contributed by atoms with Crippen LogP contribution in [0.4, 0.5) is 0 Å². The van der Waals surface area contributed by atoms with Gasteiger partial charge in [-0.25, -0.2) is 13.6 Å². The Bertz CT molecular complexity index is 758. The molecule has 21 heavy (non-hydrogen) atoms. The van der Waals surface area contributed by atoms with Crippen LogP contribution in [0.2, 0.25) is 5.02 Å². The highest BCUT2D eigenvalue weighted by Gasteiger charge is 2.22. The molecule has 114 valence electrons. The summed E-state index contributed by atoms with van der Waals surface area (Å²) in [5.41, 5.74) is 1.57. The van der Waals surface area contributed by atoms with Gasteiger partial charge >= 0.3 is 0 Å². The first kappa shape index (κ1) is 15.9. The quantitative estimate of drug-likeness (QED) is 0.887. The molecule has 0 saturated carbocycles. The van der Waals surface area contributed by atoms with Crippen LogP contribution in [-0.2, 0) is 21.3 Å². The van der Waals surface area contributed by atoms with Crippen molar-refractivity contribution in [3.05, 3.63) is 28.8 Å². The van der Waals surface area contributed by atoms with Crippen molar-refractivity contribution in [1.82, 2.24) is 14.8 Å². The van der Waals surface area contributed by atoms with Gasteiger partial charge in [-0.2, -0.15) is 0 Å². The van der Waals surface area contributed by atoms with Crippen LogP contribution in [0.25, 0.3) is 11.4 Å². The van der Waals surface area contributed by atoms with Gasteiger partial charge in [0.1, 0.15) is 0 Å². The minimum absolute atomic E-state index is 0.245. The summed E-state index contributed by atoms with van der Waals surface area (Å²) in [6.07, 6.45) is 0. The van der Waals surface area contributed by atoms with Gasteiger partial charge in [-0.3, -0.25) is 4.57 Å². The molecule has 0 bridgehead atoms. The number of primary sulfonamides is 1. The van der Waals surface area contributed by atoms with Crippen molar-refractivity contribution in [2.45, 2.75) is 18.6 Å². The van der Waals surface area contributed by atoms with Crippen molar-refractivity contribution in [3.8, 4) is 11.4 Å². The molecule has 2 rings (SSSR count). The van der Waals surface area contributed by atoms with Crippen LogP contribution in [0.3, 0.4) is 0 Å². The Morgan fingerprint density at radius 1 is 1.38 bits per heavy atom. The number of nitrogens with zero attached hydrogens (tertiary/aromatic N) is 3. The highest BCUT2D eigenvalue weighted by molar-refractivity contribution is 7.89. The van der Waals surface area contributed by atoms with E-state index in [4.69, 9.17) is 21.5 Å². The number of rotatable bonds is 5. The molecule has 0 aliphatic rings. The molecule has 0 amide bonds. The van der Waals surface area contributed by atoms with Crippen LogP contribution < -0.4 is 5.14 Å². The lowest BCUT2D eigenvalue weighted by atomic mass is 10.1. The zero-order valence-electron chi connectivity index (χ0n) is 11.6. The number of halogens is 1. The first-order valence-electron chi connectivity index (χ1n) is 6.06. The van der Waals surface area contributed by atoms with Gasteiger partial charge in [0.2, 0.25) is 0 Å². The number of aryl methyl sites for hydroxylation is 1. The summed E-state index contributed by atoms with van der Waals surface area (Å²) in [4.78, 5) is 0. The first-order chi connectivity index (χ1) is 9.84. The maximum atomic E-state index is 11.6. The second-order valence-corrected chi connectivity index (χ2v) is 6.34. The molecule has 7 nitrogen and oxygen atoms in total. The van der Waals surface area contributed by atoms with E-state index in [-0.39, 0.29) is 18.3 Å². The minimum Gasteiger partial charge on any atom is -0.383 e. The van der Waals surface area contributed by atoms with Crippen molar-refractivity contribution in [1.29, 1.82) is 0 Å². The van der Waals surface area contributed by atoms with E-state index in [0.717, 1.165) is 5.56 Å². The summed E-state index contributed by atoms with van der Waals surface area (Å²) in [5, 5.41) is 12.9. The van der Waals surface area contributed by atoms with Crippen molar-refractivity contribution >= 4 is 21.6 Å². The van der Waals surface area contributed by atoms with Crippen molar-refractivity contribution in [2.24, 2.45) is 5.14 Å². The molecular formula is C12H15ClN4O3S. The van der Waals surface area contributed by atoms with Crippen LogP contribution >= 0.6 is 11.6 Å². The normalized spacial score (nSPS) is 11.8. The molecule has 0 aliphatic heterocycles. The number of nitrogens with two attached hydrogens (primary N) is 1. The Hall–Kier alpha value is -1.48. The van der Waals surface area contributed by atoms with E-state index in [1.807, 2.05) is 13.0 Å². The highest BCUT2D eigenvalue weighted by atomic mass is 35.5. The lowest BCUT2D eigenvalue weighted by Gasteiger charge is -2.10. The predicted molar refractivity (Wildman–Crippen MR) is 78.5 cm³/mol. The second kappa shape index (κ2) is 6.10. The van der Waals surface area contributed by atoms with Gasteiger partial charge in [-0.1, -0.05) is 17.7 Å². The monoisotopic (exact) mass is 330 g/mol. The minimum atomic E-state index is -3.98. The van der Waals surface area contributed by atoms with Crippen LogP contribution in [0, 0.1) is 6.92 Å². The molecule has 0 saturated heterocycles. The van der Waals surface area contributed by atoms with Gasteiger partial charge in [0, 0.05) is 12.7 Å². The Morgan fingerprint density at radius 3 is 2.67 bits per heavy atom.